The van der Waals surface area contributed by atoms with Gasteiger partial charge in [0.15, 0.2) is 0 Å². The molecule has 0 fully saturated rings. The van der Waals surface area contributed by atoms with E-state index in [0.29, 0.717) is 0 Å². The van der Waals surface area contributed by atoms with E-state index in [1.54, 1.807) is 22.7 Å². The summed E-state index contributed by atoms with van der Waals surface area (Å²) in [5.74, 6) is 0. The molecule has 6 heteroatoms. The van der Waals surface area contributed by atoms with Crippen LogP contribution in [-0.2, 0) is 6.54 Å². The van der Waals surface area contributed by atoms with Gasteiger partial charge in [0.05, 0.1) is 10.4 Å². The van der Waals surface area contributed by atoms with Gasteiger partial charge in [-0.05, 0) is 47.6 Å². The molecule has 0 saturated carbocycles. The number of nitrogens with zero attached hydrogens (tertiary/aromatic N) is 1. The van der Waals surface area contributed by atoms with E-state index in [1.807, 2.05) is 6.07 Å². The van der Waals surface area contributed by atoms with E-state index in [0.717, 1.165) is 21.8 Å². The summed E-state index contributed by atoms with van der Waals surface area (Å²) in [6, 6.07) is 6.52. The van der Waals surface area contributed by atoms with E-state index in [2.05, 4.69) is 52.3 Å². The Balaban J connectivity index is 2.17. The predicted molar refractivity (Wildman–Crippen MR) is 93.8 cm³/mol. The molecule has 2 unspecified atom stereocenters. The van der Waals surface area contributed by atoms with Crippen LogP contribution < -0.4 is 5.73 Å². The summed E-state index contributed by atoms with van der Waals surface area (Å²) in [7, 11) is 2.13. The van der Waals surface area contributed by atoms with Crippen molar-refractivity contribution in [1.29, 1.82) is 0 Å². The molecule has 0 saturated heterocycles. The predicted octanol–water partition coefficient (Wildman–Crippen LogP) is 5.14. The Morgan fingerprint density at radius 2 is 2.20 bits per heavy atom. The van der Waals surface area contributed by atoms with Gasteiger partial charge in [-0.15, -0.1) is 22.7 Å². The standard InChI is InChI=1S/C14H18BrClN2S2/c1-3-11(17)14(12-4-5-13(16)20-12)18(2)7-10-6-9(15)8-19-10/h4-6,8,11,14H,3,7,17H2,1-2H3. The van der Waals surface area contributed by atoms with Crippen LogP contribution in [0.4, 0.5) is 0 Å². The third-order valence-corrected chi connectivity index (χ3v) is 6.25. The average Bonchev–Trinajstić information content (AvgIpc) is 2.99. The molecule has 2 nitrogen and oxygen atoms in total. The van der Waals surface area contributed by atoms with Crippen molar-refractivity contribution in [2.24, 2.45) is 5.73 Å². The molecule has 0 amide bonds. The molecule has 0 aromatic carbocycles. The minimum atomic E-state index is 0.109. The van der Waals surface area contributed by atoms with Gasteiger partial charge in [0.25, 0.3) is 0 Å². The molecule has 0 bridgehead atoms. The first-order valence-electron chi connectivity index (χ1n) is 6.45. The Morgan fingerprint density at radius 3 is 2.70 bits per heavy atom. The van der Waals surface area contributed by atoms with Crippen molar-refractivity contribution < 1.29 is 0 Å². The first kappa shape index (κ1) is 16.5. The van der Waals surface area contributed by atoms with Crippen LogP contribution in [0.3, 0.4) is 0 Å². The second-order valence-electron chi connectivity index (χ2n) is 4.81. The monoisotopic (exact) mass is 392 g/mol. The third kappa shape index (κ3) is 4.06. The summed E-state index contributed by atoms with van der Waals surface area (Å²) in [6.07, 6.45) is 0.943. The Morgan fingerprint density at radius 1 is 1.45 bits per heavy atom. The smallest absolute Gasteiger partial charge is 0.0931 e. The van der Waals surface area contributed by atoms with Crippen LogP contribution >= 0.6 is 50.2 Å². The average molecular weight is 394 g/mol. The van der Waals surface area contributed by atoms with Gasteiger partial charge in [-0.1, -0.05) is 18.5 Å². The highest BCUT2D eigenvalue weighted by molar-refractivity contribution is 9.10. The zero-order valence-corrected chi connectivity index (χ0v) is 15.5. The maximum Gasteiger partial charge on any atom is 0.0931 e. The Hall–Kier alpha value is 0.0900. The summed E-state index contributed by atoms with van der Waals surface area (Å²) >= 11 is 13.0. The van der Waals surface area contributed by atoms with E-state index >= 15 is 0 Å². The zero-order valence-electron chi connectivity index (χ0n) is 11.5. The number of rotatable bonds is 6. The van der Waals surface area contributed by atoms with Crippen molar-refractivity contribution in [2.45, 2.75) is 32.0 Å². The number of nitrogens with two attached hydrogens (primary N) is 1. The van der Waals surface area contributed by atoms with Gasteiger partial charge in [-0.25, -0.2) is 0 Å². The van der Waals surface area contributed by atoms with Gasteiger partial charge >= 0.3 is 0 Å². The highest BCUT2D eigenvalue weighted by Crippen LogP contribution is 2.34. The lowest BCUT2D eigenvalue weighted by atomic mass is 10.0. The lowest BCUT2D eigenvalue weighted by Crippen LogP contribution is -2.37. The van der Waals surface area contributed by atoms with Gasteiger partial charge in [-0.3, -0.25) is 4.90 Å². The number of thiophene rings is 2. The Bertz CT molecular complexity index is 555. The van der Waals surface area contributed by atoms with Crippen molar-refractivity contribution in [3.8, 4) is 0 Å². The van der Waals surface area contributed by atoms with Crippen LogP contribution in [-0.4, -0.2) is 18.0 Å². The molecule has 0 aliphatic heterocycles. The minimum absolute atomic E-state index is 0.109. The van der Waals surface area contributed by atoms with E-state index in [1.165, 1.54) is 9.75 Å². The van der Waals surface area contributed by atoms with Crippen molar-refractivity contribution in [3.05, 3.63) is 42.1 Å². The van der Waals surface area contributed by atoms with Gasteiger partial charge in [0, 0.05) is 32.2 Å². The fourth-order valence-corrected chi connectivity index (χ4v) is 5.06. The van der Waals surface area contributed by atoms with E-state index in [4.69, 9.17) is 17.3 Å². The largest absolute Gasteiger partial charge is 0.326 e. The fraction of sp³-hybridized carbons (Fsp3) is 0.429. The van der Waals surface area contributed by atoms with Crippen molar-refractivity contribution in [3.63, 3.8) is 0 Å². The summed E-state index contributed by atoms with van der Waals surface area (Å²) in [5.41, 5.74) is 6.33. The Labute approximate surface area is 141 Å². The molecule has 0 aliphatic rings. The summed E-state index contributed by atoms with van der Waals surface area (Å²) in [6.45, 7) is 3.02. The quantitative estimate of drug-likeness (QED) is 0.736. The molecule has 2 atom stereocenters. The topological polar surface area (TPSA) is 29.3 Å². The molecule has 20 heavy (non-hydrogen) atoms. The summed E-state index contributed by atoms with van der Waals surface area (Å²) < 4.78 is 1.96. The van der Waals surface area contributed by atoms with Crippen molar-refractivity contribution in [2.75, 3.05) is 7.05 Å². The van der Waals surface area contributed by atoms with E-state index in [9.17, 15) is 0 Å². The number of likely N-dealkylation sites (N-methyl/N-ethyl adjacent to an activating group) is 1. The highest BCUT2D eigenvalue weighted by atomic mass is 79.9. The molecule has 2 rings (SSSR count). The third-order valence-electron chi connectivity index (χ3n) is 3.26. The maximum absolute atomic E-state index is 6.33. The van der Waals surface area contributed by atoms with Crippen LogP contribution in [0.2, 0.25) is 4.34 Å². The normalized spacial score (nSPS) is 14.7. The molecule has 0 radical (unpaired) electrons. The fourth-order valence-electron chi connectivity index (χ4n) is 2.25. The number of hydrogen-bond acceptors (Lipinski definition) is 4. The molecule has 0 aliphatic carbocycles. The molecular weight excluding hydrogens is 376 g/mol. The van der Waals surface area contributed by atoms with Gasteiger partial charge in [0.1, 0.15) is 0 Å². The van der Waals surface area contributed by atoms with Crippen molar-refractivity contribution in [1.82, 2.24) is 4.90 Å². The van der Waals surface area contributed by atoms with E-state index in [-0.39, 0.29) is 12.1 Å². The first-order valence-corrected chi connectivity index (χ1v) is 9.32. The molecule has 110 valence electrons. The maximum atomic E-state index is 6.33. The summed E-state index contributed by atoms with van der Waals surface area (Å²) in [4.78, 5) is 4.88. The highest BCUT2D eigenvalue weighted by Gasteiger charge is 2.25. The van der Waals surface area contributed by atoms with Crippen LogP contribution in [0.25, 0.3) is 0 Å². The van der Waals surface area contributed by atoms with Crippen molar-refractivity contribution >= 4 is 50.2 Å². The lowest BCUT2D eigenvalue weighted by Gasteiger charge is -2.31. The lowest BCUT2D eigenvalue weighted by molar-refractivity contribution is 0.206. The molecule has 2 aromatic heterocycles. The van der Waals surface area contributed by atoms with Crippen LogP contribution in [0.5, 0.6) is 0 Å². The number of halogens is 2. The molecule has 0 spiro atoms. The second kappa shape index (κ2) is 7.38. The SMILES string of the molecule is CCC(N)C(c1ccc(Cl)s1)N(C)Cc1cc(Br)cs1. The van der Waals surface area contributed by atoms with E-state index < -0.39 is 0 Å². The molecule has 2 aromatic rings. The molecule has 2 N–H and O–H groups in total. The van der Waals surface area contributed by atoms with Crippen LogP contribution in [0.1, 0.15) is 29.1 Å². The van der Waals surface area contributed by atoms with Gasteiger partial charge in [-0.2, -0.15) is 0 Å². The number of hydrogen-bond donors (Lipinski definition) is 1. The van der Waals surface area contributed by atoms with Gasteiger partial charge < -0.3 is 5.73 Å². The van der Waals surface area contributed by atoms with Gasteiger partial charge in [0.2, 0.25) is 0 Å². The first-order chi connectivity index (χ1) is 9.51. The Kier molecular flexibility index (Phi) is 6.08. The molecule has 2 heterocycles. The minimum Gasteiger partial charge on any atom is -0.326 e. The van der Waals surface area contributed by atoms with Crippen LogP contribution in [0, 0.1) is 0 Å². The zero-order chi connectivity index (χ0) is 14.7. The van der Waals surface area contributed by atoms with Crippen LogP contribution in [0.15, 0.2) is 28.1 Å². The molecular formula is C14H18BrClN2S2. The summed E-state index contributed by atoms with van der Waals surface area (Å²) in [5, 5.41) is 2.11. The second-order valence-corrected chi connectivity index (χ2v) is 8.46.